The van der Waals surface area contributed by atoms with Crippen LogP contribution in [0.4, 0.5) is 0 Å². The number of methoxy groups -OCH3 is 1. The van der Waals surface area contributed by atoms with Gasteiger partial charge in [0.05, 0.1) is 18.7 Å². The fraction of sp³-hybridized carbons (Fsp3) is 0.350. The third-order valence-corrected chi connectivity index (χ3v) is 6.97. The number of benzene rings is 2. The number of hydrogen-bond acceptors (Lipinski definition) is 5. The highest BCUT2D eigenvalue weighted by Crippen LogP contribution is 2.28. The standard InChI is InChI=1S/C20H23ClN2O5S/c1-27-17-6-2-3-7-18(17)28-13-10-22-20(24)15-8-9-16(21)19(14-15)29(25,26)23-11-4-5-12-23/h2-3,6-9,14H,4-5,10-13H2,1H3,(H,22,24). The van der Waals surface area contributed by atoms with Gasteiger partial charge in [-0.2, -0.15) is 4.31 Å². The molecule has 9 heteroatoms. The van der Waals surface area contributed by atoms with Crippen LogP contribution in [0.25, 0.3) is 0 Å². The molecule has 1 aliphatic heterocycles. The molecule has 3 rings (SSSR count). The number of para-hydroxylation sites is 2. The van der Waals surface area contributed by atoms with Gasteiger partial charge in [-0.1, -0.05) is 23.7 Å². The van der Waals surface area contributed by atoms with Crippen molar-refractivity contribution in [3.05, 3.63) is 53.1 Å². The van der Waals surface area contributed by atoms with Gasteiger partial charge in [0.1, 0.15) is 11.5 Å². The molecule has 0 bridgehead atoms. The Morgan fingerprint density at radius 3 is 2.52 bits per heavy atom. The molecule has 0 radical (unpaired) electrons. The number of carbonyl (C=O) groups excluding carboxylic acids is 1. The van der Waals surface area contributed by atoms with Crippen LogP contribution in [-0.2, 0) is 10.0 Å². The molecule has 0 atom stereocenters. The predicted octanol–water partition coefficient (Wildman–Crippen LogP) is 2.94. The van der Waals surface area contributed by atoms with Crippen LogP contribution in [0.5, 0.6) is 11.5 Å². The lowest BCUT2D eigenvalue weighted by Crippen LogP contribution is -2.30. The summed E-state index contributed by atoms with van der Waals surface area (Å²) in [6.45, 7) is 1.41. The van der Waals surface area contributed by atoms with Crippen LogP contribution in [0.2, 0.25) is 5.02 Å². The van der Waals surface area contributed by atoms with Crippen molar-refractivity contribution in [3.8, 4) is 11.5 Å². The van der Waals surface area contributed by atoms with Crippen molar-refractivity contribution in [1.29, 1.82) is 0 Å². The summed E-state index contributed by atoms with van der Waals surface area (Å²) >= 11 is 6.12. The number of amides is 1. The molecule has 2 aromatic carbocycles. The van der Waals surface area contributed by atoms with Crippen molar-refractivity contribution in [1.82, 2.24) is 9.62 Å². The van der Waals surface area contributed by atoms with Crippen LogP contribution in [0.1, 0.15) is 23.2 Å². The lowest BCUT2D eigenvalue weighted by Gasteiger charge is -2.17. The molecular formula is C20H23ClN2O5S. The Balaban J connectivity index is 1.62. The Bertz CT molecular complexity index is 975. The highest BCUT2D eigenvalue weighted by molar-refractivity contribution is 7.89. The molecule has 7 nitrogen and oxygen atoms in total. The largest absolute Gasteiger partial charge is 0.493 e. The maximum atomic E-state index is 12.8. The summed E-state index contributed by atoms with van der Waals surface area (Å²) in [6, 6.07) is 11.5. The van der Waals surface area contributed by atoms with Gasteiger partial charge in [0.15, 0.2) is 11.5 Å². The minimum Gasteiger partial charge on any atom is -0.493 e. The van der Waals surface area contributed by atoms with Crippen molar-refractivity contribution < 1.29 is 22.7 Å². The number of ether oxygens (including phenoxy) is 2. The maximum Gasteiger partial charge on any atom is 0.251 e. The van der Waals surface area contributed by atoms with Crippen molar-refractivity contribution >= 4 is 27.5 Å². The van der Waals surface area contributed by atoms with Gasteiger partial charge in [0.25, 0.3) is 5.91 Å². The van der Waals surface area contributed by atoms with E-state index in [2.05, 4.69) is 5.32 Å². The van der Waals surface area contributed by atoms with E-state index in [9.17, 15) is 13.2 Å². The number of carbonyl (C=O) groups is 1. The number of halogens is 1. The number of nitrogens with zero attached hydrogens (tertiary/aromatic N) is 1. The average molecular weight is 439 g/mol. The zero-order valence-corrected chi connectivity index (χ0v) is 17.6. The summed E-state index contributed by atoms with van der Waals surface area (Å²) in [5.74, 6) is 0.784. The molecule has 1 N–H and O–H groups in total. The zero-order valence-electron chi connectivity index (χ0n) is 16.1. The molecule has 2 aromatic rings. The molecule has 0 saturated carbocycles. The molecule has 0 unspecified atom stereocenters. The quantitative estimate of drug-likeness (QED) is 0.640. The molecule has 29 heavy (non-hydrogen) atoms. The normalized spacial score (nSPS) is 14.6. The molecule has 0 aromatic heterocycles. The molecule has 156 valence electrons. The van der Waals surface area contributed by atoms with Gasteiger partial charge >= 0.3 is 0 Å². The van der Waals surface area contributed by atoms with Crippen LogP contribution >= 0.6 is 11.6 Å². The Kier molecular flexibility index (Phi) is 7.00. The first kappa shape index (κ1) is 21.4. The maximum absolute atomic E-state index is 12.8. The van der Waals surface area contributed by atoms with Crippen molar-refractivity contribution in [2.75, 3.05) is 33.4 Å². The molecule has 1 saturated heterocycles. The molecule has 0 aliphatic carbocycles. The van der Waals surface area contributed by atoms with Crippen LogP contribution in [0.3, 0.4) is 0 Å². The second-order valence-corrected chi connectivity index (χ2v) is 8.83. The van der Waals surface area contributed by atoms with E-state index >= 15 is 0 Å². The van der Waals surface area contributed by atoms with Gasteiger partial charge < -0.3 is 14.8 Å². The predicted molar refractivity (Wildman–Crippen MR) is 110 cm³/mol. The topological polar surface area (TPSA) is 84.9 Å². The van der Waals surface area contributed by atoms with Crippen LogP contribution in [0.15, 0.2) is 47.4 Å². The summed E-state index contributed by atoms with van der Waals surface area (Å²) in [4.78, 5) is 12.4. The summed E-state index contributed by atoms with van der Waals surface area (Å²) in [5, 5.41) is 2.82. The molecule has 1 aliphatic rings. The summed E-state index contributed by atoms with van der Waals surface area (Å²) < 4.78 is 37.8. The number of rotatable bonds is 8. The summed E-state index contributed by atoms with van der Waals surface area (Å²) in [7, 11) is -2.16. The van der Waals surface area contributed by atoms with Crippen LogP contribution in [0, 0.1) is 0 Å². The molecular weight excluding hydrogens is 416 g/mol. The minimum absolute atomic E-state index is 0.0426. The number of hydrogen-bond donors (Lipinski definition) is 1. The molecule has 1 amide bonds. The van der Waals surface area contributed by atoms with Gasteiger partial charge in [-0.05, 0) is 43.2 Å². The van der Waals surface area contributed by atoms with E-state index in [0.717, 1.165) is 12.8 Å². The van der Waals surface area contributed by atoms with Crippen LogP contribution in [-0.4, -0.2) is 52.0 Å². The Morgan fingerprint density at radius 1 is 1.14 bits per heavy atom. The van der Waals surface area contributed by atoms with E-state index in [1.165, 1.54) is 22.5 Å². The van der Waals surface area contributed by atoms with Crippen molar-refractivity contribution in [2.24, 2.45) is 0 Å². The summed E-state index contributed by atoms with van der Waals surface area (Å²) in [6.07, 6.45) is 1.65. The molecule has 0 spiro atoms. The Hall–Kier alpha value is -2.29. The number of nitrogens with one attached hydrogen (secondary N) is 1. The van der Waals surface area contributed by atoms with E-state index in [1.54, 1.807) is 19.2 Å². The van der Waals surface area contributed by atoms with Crippen molar-refractivity contribution in [2.45, 2.75) is 17.7 Å². The van der Waals surface area contributed by atoms with E-state index in [0.29, 0.717) is 24.6 Å². The fourth-order valence-corrected chi connectivity index (χ4v) is 5.09. The lowest BCUT2D eigenvalue weighted by molar-refractivity contribution is 0.0946. The second kappa shape index (κ2) is 9.47. The van der Waals surface area contributed by atoms with Gasteiger partial charge in [0.2, 0.25) is 10.0 Å². The molecule has 1 fully saturated rings. The summed E-state index contributed by atoms with van der Waals surface area (Å²) in [5.41, 5.74) is 0.226. The number of sulfonamides is 1. The van der Waals surface area contributed by atoms with E-state index in [-0.39, 0.29) is 28.6 Å². The smallest absolute Gasteiger partial charge is 0.251 e. The highest BCUT2D eigenvalue weighted by Gasteiger charge is 2.29. The first-order valence-electron chi connectivity index (χ1n) is 9.27. The first-order chi connectivity index (χ1) is 13.9. The Labute approximate surface area is 175 Å². The van der Waals surface area contributed by atoms with Gasteiger partial charge in [-0.3, -0.25) is 4.79 Å². The lowest BCUT2D eigenvalue weighted by atomic mass is 10.2. The van der Waals surface area contributed by atoms with Gasteiger partial charge in [-0.15, -0.1) is 0 Å². The second-order valence-electron chi connectivity index (χ2n) is 6.51. The van der Waals surface area contributed by atoms with Gasteiger partial charge in [0, 0.05) is 18.7 Å². The highest BCUT2D eigenvalue weighted by atomic mass is 35.5. The van der Waals surface area contributed by atoms with E-state index in [4.69, 9.17) is 21.1 Å². The van der Waals surface area contributed by atoms with E-state index in [1.807, 2.05) is 12.1 Å². The zero-order chi connectivity index (χ0) is 20.9. The minimum atomic E-state index is -3.71. The SMILES string of the molecule is COc1ccccc1OCCNC(=O)c1ccc(Cl)c(S(=O)(=O)N2CCCC2)c1. The van der Waals surface area contributed by atoms with Crippen LogP contribution < -0.4 is 14.8 Å². The monoisotopic (exact) mass is 438 g/mol. The van der Waals surface area contributed by atoms with Crippen molar-refractivity contribution in [3.63, 3.8) is 0 Å². The van der Waals surface area contributed by atoms with E-state index < -0.39 is 15.9 Å². The molecule has 1 heterocycles. The fourth-order valence-electron chi connectivity index (χ4n) is 3.08. The third kappa shape index (κ3) is 5.01. The Morgan fingerprint density at radius 2 is 1.83 bits per heavy atom. The van der Waals surface area contributed by atoms with Gasteiger partial charge in [-0.25, -0.2) is 8.42 Å². The first-order valence-corrected chi connectivity index (χ1v) is 11.1. The third-order valence-electron chi connectivity index (χ3n) is 4.59. The average Bonchev–Trinajstić information content (AvgIpc) is 3.27.